The molecule has 0 unspecified atom stereocenters. The first-order valence-corrected chi connectivity index (χ1v) is 6.45. The van der Waals surface area contributed by atoms with Gasteiger partial charge in [-0.25, -0.2) is 10.8 Å². The molecule has 1 aromatic heterocycles. The van der Waals surface area contributed by atoms with Gasteiger partial charge in [0.25, 0.3) is 5.91 Å². The number of carbonyl (C=O) groups is 1. The van der Waals surface area contributed by atoms with Crippen LogP contribution in [0.4, 0.5) is 5.82 Å². The van der Waals surface area contributed by atoms with E-state index in [0.29, 0.717) is 17.4 Å². The molecule has 0 atom stereocenters. The minimum Gasteiger partial charge on any atom is -0.349 e. The van der Waals surface area contributed by atoms with Crippen LogP contribution < -0.4 is 16.6 Å². The van der Waals surface area contributed by atoms with Crippen LogP contribution in [0.3, 0.4) is 0 Å². The normalized spacial score (nSPS) is 15.0. The second-order valence-electron chi connectivity index (χ2n) is 4.81. The molecule has 1 aliphatic rings. The van der Waals surface area contributed by atoms with Crippen LogP contribution in [0.15, 0.2) is 30.5 Å². The van der Waals surface area contributed by atoms with E-state index in [-0.39, 0.29) is 5.91 Å². The van der Waals surface area contributed by atoms with Gasteiger partial charge in [0.1, 0.15) is 5.82 Å². The maximum absolute atomic E-state index is 12.3. The summed E-state index contributed by atoms with van der Waals surface area (Å²) in [6.07, 6.45) is 4.91. The first-order chi connectivity index (χ1) is 9.29. The van der Waals surface area contributed by atoms with E-state index in [2.05, 4.69) is 15.7 Å². The molecule has 1 amide bonds. The number of nitrogens with one attached hydrogen (secondary N) is 2. The Balaban J connectivity index is 2.01. The summed E-state index contributed by atoms with van der Waals surface area (Å²) in [6.45, 7) is 0. The van der Waals surface area contributed by atoms with Crippen molar-refractivity contribution >= 4 is 22.5 Å². The molecule has 0 aliphatic heterocycles. The highest BCUT2D eigenvalue weighted by molar-refractivity contribution is 6.09. The van der Waals surface area contributed by atoms with Crippen LogP contribution in [0, 0.1) is 0 Å². The van der Waals surface area contributed by atoms with Crippen LogP contribution in [-0.4, -0.2) is 16.9 Å². The summed E-state index contributed by atoms with van der Waals surface area (Å²) in [7, 11) is 0. The number of aromatic nitrogens is 1. The van der Waals surface area contributed by atoms with Crippen LogP contribution in [-0.2, 0) is 0 Å². The van der Waals surface area contributed by atoms with Gasteiger partial charge in [-0.1, -0.05) is 24.3 Å². The molecule has 1 aliphatic carbocycles. The van der Waals surface area contributed by atoms with E-state index in [9.17, 15) is 4.79 Å². The van der Waals surface area contributed by atoms with Crippen LogP contribution in [0.2, 0.25) is 0 Å². The van der Waals surface area contributed by atoms with Crippen molar-refractivity contribution in [2.24, 2.45) is 5.84 Å². The molecule has 1 saturated carbocycles. The van der Waals surface area contributed by atoms with E-state index in [1.54, 1.807) is 6.20 Å². The van der Waals surface area contributed by atoms with Gasteiger partial charge < -0.3 is 10.7 Å². The number of nitrogens with zero attached hydrogens (tertiary/aromatic N) is 1. The lowest BCUT2D eigenvalue weighted by molar-refractivity contribution is 0.0918. The van der Waals surface area contributed by atoms with Crippen LogP contribution in [0.1, 0.15) is 29.6 Å². The highest BCUT2D eigenvalue weighted by Gasteiger charge is 2.21. The Bertz CT molecular complexity index is 622. The number of hydrogen-bond donors (Lipinski definition) is 3. The Labute approximate surface area is 111 Å². The molecular formula is C14H16N4O. The van der Waals surface area contributed by atoms with Gasteiger partial charge in [0.2, 0.25) is 0 Å². The molecule has 1 aromatic carbocycles. The molecule has 5 heteroatoms. The summed E-state index contributed by atoms with van der Waals surface area (Å²) in [5.41, 5.74) is 3.16. The van der Waals surface area contributed by atoms with Gasteiger partial charge in [-0.2, -0.15) is 0 Å². The van der Waals surface area contributed by atoms with Crippen molar-refractivity contribution in [3.63, 3.8) is 0 Å². The molecular weight excluding hydrogens is 240 g/mol. The Kier molecular flexibility index (Phi) is 3.05. The standard InChI is InChI=1S/C14H16N4O/c15-18-13-11-7-2-1-6-10(11)12(8-16-13)14(19)17-9-4-3-5-9/h1-2,6-9H,3-5,15H2,(H,16,18)(H,17,19). The van der Waals surface area contributed by atoms with Crippen LogP contribution in [0.5, 0.6) is 0 Å². The fourth-order valence-electron chi connectivity index (χ4n) is 2.30. The molecule has 0 bridgehead atoms. The number of nitrogen functional groups attached to an aromatic ring is 1. The van der Waals surface area contributed by atoms with Crippen molar-refractivity contribution in [1.82, 2.24) is 10.3 Å². The fourth-order valence-corrected chi connectivity index (χ4v) is 2.30. The van der Waals surface area contributed by atoms with E-state index in [1.807, 2.05) is 24.3 Å². The molecule has 0 spiro atoms. The lowest BCUT2D eigenvalue weighted by Crippen LogP contribution is -2.39. The predicted octanol–water partition coefficient (Wildman–Crippen LogP) is 1.80. The molecule has 1 heterocycles. The van der Waals surface area contributed by atoms with Gasteiger partial charge in [-0.05, 0) is 24.6 Å². The van der Waals surface area contributed by atoms with E-state index in [0.717, 1.165) is 23.6 Å². The van der Waals surface area contributed by atoms with Crippen LogP contribution >= 0.6 is 0 Å². The molecule has 0 radical (unpaired) electrons. The summed E-state index contributed by atoms with van der Waals surface area (Å²) in [4.78, 5) is 16.5. The summed E-state index contributed by atoms with van der Waals surface area (Å²) >= 11 is 0. The number of hydrazine groups is 1. The third-order valence-electron chi connectivity index (χ3n) is 3.62. The van der Waals surface area contributed by atoms with E-state index >= 15 is 0 Å². The molecule has 4 N–H and O–H groups in total. The zero-order chi connectivity index (χ0) is 13.2. The highest BCUT2D eigenvalue weighted by atomic mass is 16.1. The number of benzene rings is 1. The Morgan fingerprint density at radius 3 is 2.63 bits per heavy atom. The molecule has 98 valence electrons. The largest absolute Gasteiger partial charge is 0.349 e. The number of nitrogens with two attached hydrogens (primary N) is 1. The number of pyridine rings is 1. The monoisotopic (exact) mass is 256 g/mol. The van der Waals surface area contributed by atoms with Gasteiger partial charge in [0.15, 0.2) is 0 Å². The summed E-state index contributed by atoms with van der Waals surface area (Å²) in [5, 5.41) is 4.75. The van der Waals surface area contributed by atoms with Gasteiger partial charge >= 0.3 is 0 Å². The molecule has 3 rings (SSSR count). The molecule has 2 aromatic rings. The van der Waals surface area contributed by atoms with Gasteiger partial charge in [-0.15, -0.1) is 0 Å². The number of anilines is 1. The van der Waals surface area contributed by atoms with Gasteiger partial charge in [0.05, 0.1) is 5.56 Å². The van der Waals surface area contributed by atoms with E-state index in [4.69, 9.17) is 5.84 Å². The number of fused-ring (bicyclic) bond motifs is 1. The average Bonchev–Trinajstić information content (AvgIpc) is 2.41. The summed E-state index contributed by atoms with van der Waals surface area (Å²) in [5.74, 6) is 5.96. The van der Waals surface area contributed by atoms with Gasteiger partial charge in [0, 0.05) is 17.6 Å². The summed E-state index contributed by atoms with van der Waals surface area (Å²) < 4.78 is 0. The van der Waals surface area contributed by atoms with E-state index in [1.165, 1.54) is 6.42 Å². The predicted molar refractivity (Wildman–Crippen MR) is 74.7 cm³/mol. The van der Waals surface area contributed by atoms with Crippen molar-refractivity contribution < 1.29 is 4.79 Å². The van der Waals surface area contributed by atoms with Crippen molar-refractivity contribution in [3.8, 4) is 0 Å². The quantitative estimate of drug-likeness (QED) is 0.578. The maximum Gasteiger partial charge on any atom is 0.253 e. The highest BCUT2D eigenvalue weighted by Crippen LogP contribution is 2.25. The van der Waals surface area contributed by atoms with Crippen molar-refractivity contribution in [2.75, 3.05) is 5.43 Å². The second kappa shape index (κ2) is 4.85. The first kappa shape index (κ1) is 11.9. The molecule has 19 heavy (non-hydrogen) atoms. The first-order valence-electron chi connectivity index (χ1n) is 6.45. The number of carbonyl (C=O) groups excluding carboxylic acids is 1. The lowest BCUT2D eigenvalue weighted by atomic mass is 9.93. The average molecular weight is 256 g/mol. The second-order valence-corrected chi connectivity index (χ2v) is 4.81. The Morgan fingerprint density at radius 2 is 2.00 bits per heavy atom. The zero-order valence-electron chi connectivity index (χ0n) is 10.5. The number of amides is 1. The molecule has 5 nitrogen and oxygen atoms in total. The third kappa shape index (κ3) is 2.13. The number of hydrogen-bond acceptors (Lipinski definition) is 4. The Hall–Kier alpha value is -2.14. The SMILES string of the molecule is NNc1ncc(C(=O)NC2CCC2)c2ccccc12. The summed E-state index contributed by atoms with van der Waals surface area (Å²) in [6, 6.07) is 7.94. The minimum atomic E-state index is -0.0584. The fraction of sp³-hybridized carbons (Fsp3) is 0.286. The van der Waals surface area contributed by atoms with Crippen molar-refractivity contribution in [3.05, 3.63) is 36.0 Å². The molecule has 0 saturated heterocycles. The minimum absolute atomic E-state index is 0.0584. The van der Waals surface area contributed by atoms with Gasteiger partial charge in [-0.3, -0.25) is 4.79 Å². The lowest BCUT2D eigenvalue weighted by Gasteiger charge is -2.26. The Morgan fingerprint density at radius 1 is 1.26 bits per heavy atom. The van der Waals surface area contributed by atoms with Crippen molar-refractivity contribution in [2.45, 2.75) is 25.3 Å². The topological polar surface area (TPSA) is 80.0 Å². The molecule has 1 fully saturated rings. The smallest absolute Gasteiger partial charge is 0.253 e. The maximum atomic E-state index is 12.3. The zero-order valence-corrected chi connectivity index (χ0v) is 10.5. The van der Waals surface area contributed by atoms with Crippen molar-refractivity contribution in [1.29, 1.82) is 0 Å². The van der Waals surface area contributed by atoms with E-state index < -0.39 is 0 Å². The number of rotatable bonds is 3. The third-order valence-corrected chi connectivity index (χ3v) is 3.62. The van der Waals surface area contributed by atoms with Crippen LogP contribution in [0.25, 0.3) is 10.8 Å².